The smallest absolute Gasteiger partial charge is 0.225 e. The van der Waals surface area contributed by atoms with Gasteiger partial charge in [0, 0.05) is 17.0 Å². The topological polar surface area (TPSA) is 51.6 Å². The van der Waals surface area contributed by atoms with Crippen molar-refractivity contribution >= 4 is 10.9 Å². The van der Waals surface area contributed by atoms with Crippen molar-refractivity contribution in [2.24, 2.45) is 0 Å². The first-order valence-electron chi connectivity index (χ1n) is 6.61. The summed E-state index contributed by atoms with van der Waals surface area (Å²) in [4.78, 5) is 4.47. The number of benzene rings is 2. The van der Waals surface area contributed by atoms with Crippen LogP contribution in [0.2, 0.25) is 0 Å². The molecule has 0 aliphatic carbocycles. The van der Waals surface area contributed by atoms with Crippen LogP contribution in [0.4, 0.5) is 0 Å². The third-order valence-corrected chi connectivity index (χ3v) is 3.19. The third kappa shape index (κ3) is 2.80. The molecular formula is C17H15NO3. The van der Waals surface area contributed by atoms with Crippen LogP contribution in [-0.4, -0.2) is 17.2 Å². The first-order chi connectivity index (χ1) is 10.3. The molecule has 1 heterocycles. The van der Waals surface area contributed by atoms with E-state index in [9.17, 15) is 5.11 Å². The Labute approximate surface area is 122 Å². The highest BCUT2D eigenvalue weighted by atomic mass is 16.5. The molecule has 3 rings (SSSR count). The Balaban J connectivity index is 2.02. The van der Waals surface area contributed by atoms with Gasteiger partial charge in [0.05, 0.1) is 19.2 Å². The van der Waals surface area contributed by atoms with Gasteiger partial charge < -0.3 is 14.6 Å². The van der Waals surface area contributed by atoms with Gasteiger partial charge >= 0.3 is 0 Å². The Morgan fingerprint density at radius 1 is 1.00 bits per heavy atom. The van der Waals surface area contributed by atoms with E-state index in [1.807, 2.05) is 48.5 Å². The molecule has 21 heavy (non-hydrogen) atoms. The highest BCUT2D eigenvalue weighted by Crippen LogP contribution is 2.28. The van der Waals surface area contributed by atoms with E-state index in [1.54, 1.807) is 13.2 Å². The van der Waals surface area contributed by atoms with Crippen LogP contribution >= 0.6 is 0 Å². The van der Waals surface area contributed by atoms with Gasteiger partial charge in [-0.25, -0.2) is 4.98 Å². The molecule has 0 amide bonds. The lowest BCUT2D eigenvalue weighted by Crippen LogP contribution is -1.96. The number of pyridine rings is 1. The molecule has 0 saturated carbocycles. The molecule has 1 aromatic heterocycles. The van der Waals surface area contributed by atoms with E-state index in [1.165, 1.54) is 0 Å². The number of para-hydroxylation sites is 1. The largest absolute Gasteiger partial charge is 0.497 e. The lowest BCUT2D eigenvalue weighted by atomic mass is 10.1. The molecule has 0 unspecified atom stereocenters. The van der Waals surface area contributed by atoms with E-state index in [0.29, 0.717) is 22.9 Å². The fourth-order valence-corrected chi connectivity index (χ4v) is 2.12. The van der Waals surface area contributed by atoms with Crippen LogP contribution in [-0.2, 0) is 6.61 Å². The Morgan fingerprint density at radius 2 is 1.81 bits per heavy atom. The molecular weight excluding hydrogens is 266 g/mol. The molecule has 0 radical (unpaired) electrons. The van der Waals surface area contributed by atoms with Crippen LogP contribution in [0.5, 0.6) is 17.4 Å². The van der Waals surface area contributed by atoms with Gasteiger partial charge in [-0.05, 0) is 24.3 Å². The fourth-order valence-electron chi connectivity index (χ4n) is 2.12. The van der Waals surface area contributed by atoms with Crippen molar-refractivity contribution in [2.45, 2.75) is 6.61 Å². The maximum Gasteiger partial charge on any atom is 0.225 e. The van der Waals surface area contributed by atoms with Gasteiger partial charge in [0.25, 0.3) is 0 Å². The van der Waals surface area contributed by atoms with E-state index in [0.717, 1.165) is 10.9 Å². The fraction of sp³-hybridized carbons (Fsp3) is 0.118. The van der Waals surface area contributed by atoms with Gasteiger partial charge in [0.15, 0.2) is 0 Å². The number of ether oxygens (including phenoxy) is 2. The molecule has 3 aromatic rings. The summed E-state index contributed by atoms with van der Waals surface area (Å²) in [6.45, 7) is -0.128. The van der Waals surface area contributed by atoms with Crippen LogP contribution in [0.25, 0.3) is 10.9 Å². The summed E-state index contributed by atoms with van der Waals surface area (Å²) in [7, 11) is 1.60. The molecule has 106 valence electrons. The van der Waals surface area contributed by atoms with Crippen LogP contribution in [0, 0.1) is 0 Å². The van der Waals surface area contributed by atoms with Crippen LogP contribution in [0.15, 0.2) is 54.6 Å². The number of hydrogen-bond donors (Lipinski definition) is 1. The minimum Gasteiger partial charge on any atom is -0.497 e. The molecule has 0 bridgehead atoms. The highest BCUT2D eigenvalue weighted by molar-refractivity contribution is 5.80. The Morgan fingerprint density at radius 3 is 2.62 bits per heavy atom. The third-order valence-electron chi connectivity index (χ3n) is 3.19. The summed E-state index contributed by atoms with van der Waals surface area (Å²) < 4.78 is 11.0. The van der Waals surface area contributed by atoms with Crippen molar-refractivity contribution in [1.29, 1.82) is 0 Å². The van der Waals surface area contributed by atoms with Crippen molar-refractivity contribution in [1.82, 2.24) is 4.98 Å². The predicted octanol–water partition coefficient (Wildman–Crippen LogP) is 3.53. The lowest BCUT2D eigenvalue weighted by Gasteiger charge is -2.11. The molecule has 4 heteroatoms. The molecule has 0 aliphatic heterocycles. The van der Waals surface area contributed by atoms with Gasteiger partial charge in [-0.3, -0.25) is 0 Å². The number of aromatic nitrogens is 1. The van der Waals surface area contributed by atoms with Gasteiger partial charge in [-0.1, -0.05) is 24.3 Å². The second-order valence-electron chi connectivity index (χ2n) is 4.58. The summed E-state index contributed by atoms with van der Waals surface area (Å²) in [6, 6.07) is 16.9. The molecule has 2 aromatic carbocycles. The maximum atomic E-state index is 9.51. The van der Waals surface area contributed by atoms with Crippen LogP contribution in [0.1, 0.15) is 5.56 Å². The zero-order valence-electron chi connectivity index (χ0n) is 11.6. The summed E-state index contributed by atoms with van der Waals surface area (Å²) in [5.74, 6) is 1.73. The number of hydrogen-bond acceptors (Lipinski definition) is 4. The van der Waals surface area contributed by atoms with Gasteiger partial charge in [0.2, 0.25) is 5.88 Å². The molecule has 1 N–H and O–H groups in total. The predicted molar refractivity (Wildman–Crippen MR) is 80.7 cm³/mol. The van der Waals surface area contributed by atoms with Crippen LogP contribution in [0.3, 0.4) is 0 Å². The number of rotatable bonds is 4. The van der Waals surface area contributed by atoms with E-state index >= 15 is 0 Å². The minimum atomic E-state index is -0.128. The van der Waals surface area contributed by atoms with E-state index in [2.05, 4.69) is 4.98 Å². The van der Waals surface area contributed by atoms with E-state index < -0.39 is 0 Å². The molecule has 0 fully saturated rings. The lowest BCUT2D eigenvalue weighted by molar-refractivity contribution is 0.275. The zero-order valence-corrected chi connectivity index (χ0v) is 11.6. The van der Waals surface area contributed by atoms with Crippen LogP contribution < -0.4 is 9.47 Å². The van der Waals surface area contributed by atoms with Crippen molar-refractivity contribution in [2.75, 3.05) is 7.11 Å². The molecule has 0 saturated heterocycles. The Hall–Kier alpha value is -2.59. The normalized spacial score (nSPS) is 10.6. The quantitative estimate of drug-likeness (QED) is 0.795. The monoisotopic (exact) mass is 281 g/mol. The van der Waals surface area contributed by atoms with Crippen molar-refractivity contribution < 1.29 is 14.6 Å². The highest BCUT2D eigenvalue weighted by Gasteiger charge is 2.09. The maximum absolute atomic E-state index is 9.51. The second kappa shape index (κ2) is 5.81. The number of aliphatic hydroxyl groups excluding tert-OH is 1. The number of nitrogens with zero attached hydrogens (tertiary/aromatic N) is 1. The van der Waals surface area contributed by atoms with Crippen molar-refractivity contribution in [3.05, 3.63) is 60.2 Å². The minimum absolute atomic E-state index is 0.128. The molecule has 0 aliphatic rings. The molecule has 0 atom stereocenters. The average molecular weight is 281 g/mol. The standard InChI is InChI=1S/C17H15NO3/c1-20-14-6-4-7-15(10-14)21-17-13(11-19)9-12-5-2-3-8-16(12)18-17/h2-10,19H,11H2,1H3. The second-order valence-corrected chi connectivity index (χ2v) is 4.58. The number of methoxy groups -OCH3 is 1. The van der Waals surface area contributed by atoms with Crippen molar-refractivity contribution in [3.63, 3.8) is 0 Å². The first-order valence-corrected chi connectivity index (χ1v) is 6.61. The summed E-state index contributed by atoms with van der Waals surface area (Å²) >= 11 is 0. The van der Waals surface area contributed by atoms with Crippen molar-refractivity contribution in [3.8, 4) is 17.4 Å². The Bertz CT molecular complexity index is 771. The average Bonchev–Trinajstić information content (AvgIpc) is 2.54. The summed E-state index contributed by atoms with van der Waals surface area (Å²) in [6.07, 6.45) is 0. The van der Waals surface area contributed by atoms with Gasteiger partial charge in [0.1, 0.15) is 11.5 Å². The molecule has 4 nitrogen and oxygen atoms in total. The van der Waals surface area contributed by atoms with E-state index in [-0.39, 0.29) is 6.61 Å². The zero-order chi connectivity index (χ0) is 14.7. The summed E-state index contributed by atoms with van der Waals surface area (Å²) in [5.41, 5.74) is 1.48. The Kier molecular flexibility index (Phi) is 3.71. The SMILES string of the molecule is COc1cccc(Oc2nc3ccccc3cc2CO)c1. The number of fused-ring (bicyclic) bond motifs is 1. The summed E-state index contributed by atoms with van der Waals surface area (Å²) in [5, 5.41) is 10.5. The van der Waals surface area contributed by atoms with Gasteiger partial charge in [-0.2, -0.15) is 0 Å². The number of aliphatic hydroxyl groups is 1. The first kappa shape index (κ1) is 13.4. The van der Waals surface area contributed by atoms with Gasteiger partial charge in [-0.15, -0.1) is 0 Å². The van der Waals surface area contributed by atoms with E-state index in [4.69, 9.17) is 9.47 Å². The molecule has 0 spiro atoms.